The average Bonchev–Trinajstić information content (AvgIpc) is 2.48. The number of ether oxygens (including phenoxy) is 1. The molecule has 0 aliphatic carbocycles. The van der Waals surface area contributed by atoms with E-state index in [9.17, 15) is 14.9 Å². The maximum absolute atomic E-state index is 12.4. The maximum atomic E-state index is 12.4. The number of amides is 1. The van der Waals surface area contributed by atoms with Crippen molar-refractivity contribution in [3.05, 3.63) is 50.0 Å². The molecule has 0 spiro atoms. The molecule has 112 valence electrons. The summed E-state index contributed by atoms with van der Waals surface area (Å²) in [5, 5.41) is 10.9. The zero-order valence-electron chi connectivity index (χ0n) is 11.5. The second kappa shape index (κ2) is 6.82. The Kier molecular flexibility index (Phi) is 5.08. The Labute approximate surface area is 130 Å². The number of nitro benzene ring substituents is 1. The quantitative estimate of drug-likeness (QED) is 0.473. The highest BCUT2D eigenvalue weighted by Gasteiger charge is 2.21. The van der Waals surface area contributed by atoms with Crippen molar-refractivity contribution in [3.63, 3.8) is 0 Å². The van der Waals surface area contributed by atoms with Gasteiger partial charge in [-0.3, -0.25) is 14.9 Å². The summed E-state index contributed by atoms with van der Waals surface area (Å²) in [6.07, 6.45) is 2.73. The van der Waals surface area contributed by atoms with Crippen LogP contribution in [0.15, 0.2) is 34.3 Å². The summed E-state index contributed by atoms with van der Waals surface area (Å²) in [7, 11) is 1.64. The van der Waals surface area contributed by atoms with Gasteiger partial charge in [-0.25, -0.2) is 0 Å². The van der Waals surface area contributed by atoms with Gasteiger partial charge < -0.3 is 9.64 Å². The molecule has 21 heavy (non-hydrogen) atoms. The second-order valence-corrected chi connectivity index (χ2v) is 5.57. The molecular weight excluding hydrogens is 340 g/mol. The van der Waals surface area contributed by atoms with Gasteiger partial charge in [0.05, 0.1) is 16.0 Å². The predicted molar refractivity (Wildman–Crippen MR) is 81.3 cm³/mol. The third kappa shape index (κ3) is 3.68. The molecule has 0 N–H and O–H groups in total. The van der Waals surface area contributed by atoms with E-state index in [0.717, 1.165) is 6.42 Å². The Morgan fingerprint density at radius 1 is 1.52 bits per heavy atom. The number of hydrogen-bond donors (Lipinski definition) is 0. The SMILES string of the molecule is COCC1=CCN(C(=O)c2ccc(Br)c([N+](=O)[O-])c2)CC1. The molecule has 0 radical (unpaired) electrons. The molecule has 1 amide bonds. The molecule has 1 aliphatic rings. The largest absolute Gasteiger partial charge is 0.380 e. The van der Waals surface area contributed by atoms with Crippen molar-refractivity contribution in [1.82, 2.24) is 4.90 Å². The van der Waals surface area contributed by atoms with E-state index in [2.05, 4.69) is 15.9 Å². The van der Waals surface area contributed by atoms with Crippen molar-refractivity contribution < 1.29 is 14.5 Å². The van der Waals surface area contributed by atoms with Crippen LogP contribution in [-0.2, 0) is 4.74 Å². The molecule has 6 nitrogen and oxygen atoms in total. The fourth-order valence-electron chi connectivity index (χ4n) is 2.18. The predicted octanol–water partition coefficient (Wildman–Crippen LogP) is 2.78. The molecule has 2 rings (SSSR count). The van der Waals surface area contributed by atoms with E-state index < -0.39 is 4.92 Å². The lowest BCUT2D eigenvalue weighted by atomic mass is 10.1. The highest BCUT2D eigenvalue weighted by molar-refractivity contribution is 9.10. The molecule has 0 atom stereocenters. The summed E-state index contributed by atoms with van der Waals surface area (Å²) in [5.41, 5.74) is 1.39. The molecule has 0 saturated carbocycles. The number of halogens is 1. The normalized spacial score (nSPS) is 14.8. The van der Waals surface area contributed by atoms with Crippen molar-refractivity contribution in [1.29, 1.82) is 0 Å². The minimum Gasteiger partial charge on any atom is -0.380 e. The van der Waals surface area contributed by atoms with Gasteiger partial charge in [0.2, 0.25) is 0 Å². The van der Waals surface area contributed by atoms with Crippen molar-refractivity contribution in [3.8, 4) is 0 Å². The molecule has 0 saturated heterocycles. The summed E-state index contributed by atoms with van der Waals surface area (Å²) < 4.78 is 5.43. The van der Waals surface area contributed by atoms with Crippen LogP contribution in [-0.4, -0.2) is 42.5 Å². The van der Waals surface area contributed by atoms with E-state index in [0.29, 0.717) is 29.7 Å². The summed E-state index contributed by atoms with van der Waals surface area (Å²) in [6, 6.07) is 4.43. The number of hydrogen-bond acceptors (Lipinski definition) is 4. The van der Waals surface area contributed by atoms with Crippen LogP contribution in [0, 0.1) is 10.1 Å². The van der Waals surface area contributed by atoms with E-state index >= 15 is 0 Å². The fraction of sp³-hybridized carbons (Fsp3) is 0.357. The van der Waals surface area contributed by atoms with Gasteiger partial charge in [0.1, 0.15) is 0 Å². The lowest BCUT2D eigenvalue weighted by molar-refractivity contribution is -0.385. The maximum Gasteiger partial charge on any atom is 0.284 e. The van der Waals surface area contributed by atoms with Crippen LogP contribution in [0.25, 0.3) is 0 Å². The first kappa shape index (κ1) is 15.7. The Bertz CT molecular complexity index is 601. The van der Waals surface area contributed by atoms with E-state index in [4.69, 9.17) is 4.74 Å². The van der Waals surface area contributed by atoms with Gasteiger partial charge in [0.25, 0.3) is 11.6 Å². The van der Waals surface area contributed by atoms with Gasteiger partial charge >= 0.3 is 0 Å². The highest BCUT2D eigenvalue weighted by atomic mass is 79.9. The summed E-state index contributed by atoms with van der Waals surface area (Å²) >= 11 is 3.11. The molecule has 1 aliphatic heterocycles. The minimum atomic E-state index is -0.506. The standard InChI is InChI=1S/C14H15BrN2O4/c1-21-9-10-4-6-16(7-5-10)14(18)11-2-3-12(15)13(8-11)17(19)20/h2-4,8H,5-7,9H2,1H3. The van der Waals surface area contributed by atoms with Crippen molar-refractivity contribution >= 4 is 27.5 Å². The molecule has 0 bridgehead atoms. The molecule has 1 heterocycles. The number of carbonyl (C=O) groups excluding carboxylic acids is 1. The second-order valence-electron chi connectivity index (χ2n) is 4.72. The van der Waals surface area contributed by atoms with Gasteiger partial charge in [-0.1, -0.05) is 6.08 Å². The van der Waals surface area contributed by atoms with Gasteiger partial charge in [-0.15, -0.1) is 0 Å². The zero-order valence-corrected chi connectivity index (χ0v) is 13.1. The zero-order chi connectivity index (χ0) is 15.4. The van der Waals surface area contributed by atoms with Gasteiger partial charge in [0.15, 0.2) is 0 Å². The number of methoxy groups -OCH3 is 1. The number of benzene rings is 1. The smallest absolute Gasteiger partial charge is 0.284 e. The molecule has 1 aromatic rings. The summed E-state index contributed by atoms with van der Waals surface area (Å²) in [4.78, 5) is 24.5. The van der Waals surface area contributed by atoms with E-state index in [1.807, 2.05) is 6.08 Å². The van der Waals surface area contributed by atoms with Crippen LogP contribution in [0.4, 0.5) is 5.69 Å². The van der Waals surface area contributed by atoms with Gasteiger partial charge in [0, 0.05) is 31.8 Å². The molecular formula is C14H15BrN2O4. The first-order valence-corrected chi connectivity index (χ1v) is 7.22. The van der Waals surface area contributed by atoms with E-state index in [-0.39, 0.29) is 11.6 Å². The Balaban J connectivity index is 2.14. The first-order chi connectivity index (χ1) is 10.0. The van der Waals surface area contributed by atoms with Crippen molar-refractivity contribution in [2.24, 2.45) is 0 Å². The molecule has 0 unspecified atom stereocenters. The van der Waals surface area contributed by atoms with Crippen LogP contribution in [0.5, 0.6) is 0 Å². The number of carbonyl (C=O) groups is 1. The lowest BCUT2D eigenvalue weighted by Crippen LogP contribution is -2.35. The fourth-order valence-corrected chi connectivity index (χ4v) is 2.57. The third-order valence-corrected chi connectivity index (χ3v) is 3.98. The first-order valence-electron chi connectivity index (χ1n) is 6.43. The Morgan fingerprint density at radius 3 is 2.86 bits per heavy atom. The number of nitro groups is 1. The third-order valence-electron chi connectivity index (χ3n) is 3.31. The van der Waals surface area contributed by atoms with Gasteiger partial charge in [-0.05, 0) is 40.1 Å². The highest BCUT2D eigenvalue weighted by Crippen LogP contribution is 2.26. The van der Waals surface area contributed by atoms with Crippen LogP contribution < -0.4 is 0 Å². The summed E-state index contributed by atoms with van der Waals surface area (Å²) in [6.45, 7) is 1.67. The monoisotopic (exact) mass is 354 g/mol. The van der Waals surface area contributed by atoms with Crippen LogP contribution >= 0.6 is 15.9 Å². The lowest BCUT2D eigenvalue weighted by Gasteiger charge is -2.26. The molecule has 1 aromatic carbocycles. The Morgan fingerprint density at radius 2 is 2.29 bits per heavy atom. The van der Waals surface area contributed by atoms with E-state index in [1.54, 1.807) is 18.1 Å². The van der Waals surface area contributed by atoms with Crippen molar-refractivity contribution in [2.45, 2.75) is 6.42 Å². The molecule has 0 fully saturated rings. The molecule has 7 heteroatoms. The minimum absolute atomic E-state index is 0.103. The summed E-state index contributed by atoms with van der Waals surface area (Å²) in [5.74, 6) is -0.196. The van der Waals surface area contributed by atoms with Crippen molar-refractivity contribution in [2.75, 3.05) is 26.8 Å². The van der Waals surface area contributed by atoms with E-state index in [1.165, 1.54) is 17.7 Å². The Hall–Kier alpha value is -1.73. The molecule has 0 aromatic heterocycles. The number of rotatable bonds is 4. The number of nitrogens with zero attached hydrogens (tertiary/aromatic N) is 2. The van der Waals surface area contributed by atoms with Crippen LogP contribution in [0.2, 0.25) is 0 Å². The van der Waals surface area contributed by atoms with Gasteiger partial charge in [-0.2, -0.15) is 0 Å². The average molecular weight is 355 g/mol. The van der Waals surface area contributed by atoms with Crippen LogP contribution in [0.3, 0.4) is 0 Å². The van der Waals surface area contributed by atoms with Crippen LogP contribution in [0.1, 0.15) is 16.8 Å². The topological polar surface area (TPSA) is 72.7 Å².